The Balaban J connectivity index is 1.40. The topological polar surface area (TPSA) is 159 Å². The van der Waals surface area contributed by atoms with Gasteiger partial charge in [-0.2, -0.15) is 0 Å². The van der Waals surface area contributed by atoms with Crippen molar-refractivity contribution in [3.05, 3.63) is 121 Å². The van der Waals surface area contributed by atoms with Crippen molar-refractivity contribution in [2.45, 2.75) is 51.6 Å². The Bertz CT molecular complexity index is 1670. The summed E-state index contributed by atoms with van der Waals surface area (Å²) in [4.78, 5) is 60.7. The van der Waals surface area contributed by atoms with Crippen molar-refractivity contribution in [2.75, 3.05) is 26.4 Å². The van der Waals surface area contributed by atoms with E-state index >= 15 is 0 Å². The second kappa shape index (κ2) is 20.5. The van der Waals surface area contributed by atoms with E-state index in [1.807, 2.05) is 0 Å². The highest BCUT2D eigenvalue weighted by Gasteiger charge is 2.31. The molecule has 0 N–H and O–H groups in total. The summed E-state index contributed by atoms with van der Waals surface area (Å²) in [5.74, 6) is -0.617. The molecule has 0 fully saturated rings. The number of ether oxygens (including phenoxy) is 8. The monoisotopic (exact) mass is 718 g/mol. The molecule has 0 aromatic heterocycles. The first-order chi connectivity index (χ1) is 24.9. The van der Waals surface area contributed by atoms with Gasteiger partial charge in [-0.1, -0.05) is 19.7 Å². The van der Waals surface area contributed by atoms with Crippen LogP contribution in [0.1, 0.15) is 66.7 Å². The molecule has 0 bridgehead atoms. The Morgan fingerprint density at radius 3 is 1.63 bits per heavy atom. The highest BCUT2D eigenvalue weighted by atomic mass is 16.7. The van der Waals surface area contributed by atoms with Gasteiger partial charge >= 0.3 is 30.2 Å². The number of allylic oxidation sites excluding steroid dienone is 2. The average Bonchev–Trinajstić information content (AvgIpc) is 3.12. The van der Waals surface area contributed by atoms with Crippen LogP contribution in [0.5, 0.6) is 11.5 Å². The molecule has 52 heavy (non-hydrogen) atoms. The maximum absolute atomic E-state index is 12.9. The molecule has 1 unspecified atom stereocenters. The summed E-state index contributed by atoms with van der Waals surface area (Å²) in [5, 5.41) is 0. The summed E-state index contributed by atoms with van der Waals surface area (Å²) in [7, 11) is 0. The number of hydrogen-bond acceptors (Lipinski definition) is 13. The third kappa shape index (κ3) is 14.0. The first-order valence-electron chi connectivity index (χ1n) is 16.4. The van der Waals surface area contributed by atoms with E-state index in [0.717, 1.165) is 6.08 Å². The summed E-state index contributed by atoms with van der Waals surface area (Å²) < 4.78 is 41.8. The van der Waals surface area contributed by atoms with Crippen molar-refractivity contribution >= 4 is 30.2 Å². The van der Waals surface area contributed by atoms with E-state index in [4.69, 9.17) is 37.9 Å². The van der Waals surface area contributed by atoms with Crippen LogP contribution >= 0.6 is 0 Å². The zero-order valence-electron chi connectivity index (χ0n) is 29.2. The third-order valence-electron chi connectivity index (χ3n) is 7.16. The fourth-order valence-electron chi connectivity index (χ4n) is 4.45. The molecule has 0 spiro atoms. The molecule has 13 nitrogen and oxygen atoms in total. The molecule has 2 aromatic rings. The second-order valence-electron chi connectivity index (χ2n) is 11.4. The van der Waals surface area contributed by atoms with Gasteiger partial charge in [0, 0.05) is 12.5 Å². The molecule has 0 saturated heterocycles. The lowest BCUT2D eigenvalue weighted by Crippen LogP contribution is -2.31. The number of hydrogen-bond donors (Lipinski definition) is 0. The van der Waals surface area contributed by atoms with Gasteiger partial charge in [0.1, 0.15) is 28.6 Å². The minimum Gasteiger partial charge on any atom is -0.494 e. The summed E-state index contributed by atoms with van der Waals surface area (Å²) in [6, 6.07) is 11.6. The Hall–Kier alpha value is -6.11. The average molecular weight is 719 g/mol. The predicted molar refractivity (Wildman–Crippen MR) is 187 cm³/mol. The molecule has 0 radical (unpaired) electrons. The molecule has 0 saturated carbocycles. The molecule has 276 valence electrons. The minimum atomic E-state index is -1.03. The lowest BCUT2D eigenvalue weighted by molar-refractivity contribution is -0.137. The fraction of sp³-hybridized carbons (Fsp3) is 0.308. The summed E-state index contributed by atoms with van der Waals surface area (Å²) in [6.07, 6.45) is 6.57. The van der Waals surface area contributed by atoms with Gasteiger partial charge in [-0.3, -0.25) is 0 Å². The Labute approximate surface area is 302 Å². The van der Waals surface area contributed by atoms with Crippen molar-refractivity contribution in [3.63, 3.8) is 0 Å². The molecule has 0 amide bonds. The molecule has 2 aromatic carbocycles. The standard InChI is InChI=1S/C39H42O13/c1-6-28(4)45-22-8-10-24-47-37(43)49-31-16-12-29(13-17-31)35(41)51-33-20-21-39(5,26-27(33)3)52-36(42)30-14-18-32(19-15-30)50-38(44)48-25-11-9-23-46-34(40)7-2/h6-7,12-20,26H,1-2,4,8-11,21-25H2,3,5H3. The van der Waals surface area contributed by atoms with Crippen LogP contribution < -0.4 is 9.47 Å². The van der Waals surface area contributed by atoms with Crippen molar-refractivity contribution in [1.82, 2.24) is 0 Å². The van der Waals surface area contributed by atoms with E-state index in [-0.39, 0.29) is 48.9 Å². The van der Waals surface area contributed by atoms with Gasteiger partial charge in [0.25, 0.3) is 0 Å². The molecule has 13 heteroatoms. The van der Waals surface area contributed by atoms with E-state index in [0.29, 0.717) is 49.4 Å². The molecule has 0 aliphatic heterocycles. The van der Waals surface area contributed by atoms with Gasteiger partial charge in [-0.15, -0.1) is 0 Å². The van der Waals surface area contributed by atoms with E-state index in [2.05, 4.69) is 19.7 Å². The largest absolute Gasteiger partial charge is 0.513 e. The molecule has 1 atom stereocenters. The van der Waals surface area contributed by atoms with Crippen LogP contribution in [0.15, 0.2) is 110 Å². The first kappa shape index (κ1) is 40.3. The van der Waals surface area contributed by atoms with Crippen LogP contribution in [-0.2, 0) is 33.2 Å². The Morgan fingerprint density at radius 1 is 0.673 bits per heavy atom. The van der Waals surface area contributed by atoms with Gasteiger partial charge < -0.3 is 37.9 Å². The Kier molecular flexibility index (Phi) is 15.9. The lowest BCUT2D eigenvalue weighted by Gasteiger charge is -2.29. The maximum Gasteiger partial charge on any atom is 0.513 e. The van der Waals surface area contributed by atoms with Crippen LogP contribution in [0, 0.1) is 0 Å². The van der Waals surface area contributed by atoms with Gasteiger partial charge in [0.05, 0.1) is 37.6 Å². The third-order valence-corrected chi connectivity index (χ3v) is 7.16. The minimum absolute atomic E-state index is 0.0745. The number of carbonyl (C=O) groups is 5. The van der Waals surface area contributed by atoms with Crippen molar-refractivity contribution in [2.24, 2.45) is 0 Å². The van der Waals surface area contributed by atoms with E-state index < -0.39 is 35.8 Å². The van der Waals surface area contributed by atoms with Crippen LogP contribution in [0.3, 0.4) is 0 Å². The van der Waals surface area contributed by atoms with Gasteiger partial charge in [-0.05, 0) is 112 Å². The highest BCUT2D eigenvalue weighted by molar-refractivity contribution is 5.91. The zero-order chi connectivity index (χ0) is 37.9. The van der Waals surface area contributed by atoms with Crippen LogP contribution in [-0.4, -0.2) is 62.2 Å². The SMILES string of the molecule is C=CC(=C)OCCCCOC(=O)Oc1ccc(C(=O)OC2=CCC(C)(OC(=O)c3ccc(OC(=O)OCCCCOC(=O)C=C)cc3)C=C2C)cc1. The van der Waals surface area contributed by atoms with Crippen molar-refractivity contribution in [1.29, 1.82) is 0 Å². The number of rotatable bonds is 19. The number of carbonyl (C=O) groups excluding carboxylic acids is 5. The molecular formula is C39H42O13. The summed E-state index contributed by atoms with van der Waals surface area (Å²) in [6.45, 7) is 14.8. The zero-order valence-corrected chi connectivity index (χ0v) is 29.2. The second-order valence-corrected chi connectivity index (χ2v) is 11.4. The van der Waals surface area contributed by atoms with Crippen molar-refractivity contribution in [3.8, 4) is 11.5 Å². The lowest BCUT2D eigenvalue weighted by atomic mass is 9.92. The Morgan fingerprint density at radius 2 is 1.15 bits per heavy atom. The smallest absolute Gasteiger partial charge is 0.494 e. The highest BCUT2D eigenvalue weighted by Crippen LogP contribution is 2.31. The molecule has 0 heterocycles. The van der Waals surface area contributed by atoms with E-state index in [1.54, 1.807) is 26.0 Å². The molecular weight excluding hydrogens is 676 g/mol. The van der Waals surface area contributed by atoms with Crippen LogP contribution in [0.2, 0.25) is 0 Å². The summed E-state index contributed by atoms with van der Waals surface area (Å²) >= 11 is 0. The molecule has 3 rings (SSSR count). The predicted octanol–water partition coefficient (Wildman–Crippen LogP) is 7.73. The van der Waals surface area contributed by atoms with Gasteiger partial charge in [0.15, 0.2) is 0 Å². The maximum atomic E-state index is 12.9. The first-order valence-corrected chi connectivity index (χ1v) is 16.4. The number of esters is 3. The van der Waals surface area contributed by atoms with E-state index in [1.165, 1.54) is 54.6 Å². The van der Waals surface area contributed by atoms with E-state index in [9.17, 15) is 24.0 Å². The van der Waals surface area contributed by atoms with Crippen LogP contribution in [0.25, 0.3) is 0 Å². The van der Waals surface area contributed by atoms with Crippen LogP contribution in [0.4, 0.5) is 9.59 Å². The molecule has 1 aliphatic rings. The number of unbranched alkanes of at least 4 members (excludes halogenated alkanes) is 2. The number of benzene rings is 2. The quantitative estimate of drug-likeness (QED) is 0.0264. The fourth-order valence-corrected chi connectivity index (χ4v) is 4.45. The van der Waals surface area contributed by atoms with Gasteiger partial charge in [0.2, 0.25) is 0 Å². The van der Waals surface area contributed by atoms with Gasteiger partial charge in [-0.25, -0.2) is 24.0 Å². The summed E-state index contributed by atoms with van der Waals surface area (Å²) in [5.41, 5.74) is -0.00216. The van der Waals surface area contributed by atoms with Crippen molar-refractivity contribution < 1.29 is 61.9 Å². The molecule has 1 aliphatic carbocycles. The normalized spacial score (nSPS) is 14.7.